The standard InChI is InChI=1S/C60H54N4/c1-44(36-38-46(3)61(49-23-10-6-11-24-49)42-22-35-57-48(5)54-31-18-20-33-58(54)63(57)51-27-14-8-15-28-51)45(2)37-39-47(4)62(50-25-12-7-13-26-50)53-40-41-60-56(43-53)55-32-19-21-34-59(55)64(60)52-29-16-9-17-30-52/h6,8-12,14-43H,5,7,13H2,1-4H3/b42-22+,44-36+,45-37+,46-38+,47-39+,57-35+. The Kier molecular flexibility index (Phi) is 12.1. The predicted molar refractivity (Wildman–Crippen MR) is 275 cm³/mol. The van der Waals surface area contributed by atoms with Crippen molar-refractivity contribution in [3.63, 3.8) is 0 Å². The van der Waals surface area contributed by atoms with Crippen molar-refractivity contribution in [3.8, 4) is 11.4 Å². The molecule has 8 aromatic rings. The van der Waals surface area contributed by atoms with E-state index in [1.54, 1.807) is 0 Å². The van der Waals surface area contributed by atoms with Gasteiger partial charge in [-0.1, -0.05) is 122 Å². The summed E-state index contributed by atoms with van der Waals surface area (Å²) in [7, 11) is 0. The van der Waals surface area contributed by atoms with Crippen LogP contribution in [0.15, 0.2) is 241 Å². The van der Waals surface area contributed by atoms with Gasteiger partial charge in [0.1, 0.15) is 0 Å². The predicted octanol–water partition coefficient (Wildman–Crippen LogP) is 14.4. The van der Waals surface area contributed by atoms with Gasteiger partial charge in [-0.15, -0.1) is 0 Å². The Labute approximate surface area is 377 Å². The smallest absolute Gasteiger partial charge is 0.0542 e. The van der Waals surface area contributed by atoms with E-state index in [-0.39, 0.29) is 0 Å². The highest BCUT2D eigenvalue weighted by molar-refractivity contribution is 6.10. The Bertz CT molecular complexity index is 3310. The number of para-hydroxylation sites is 5. The van der Waals surface area contributed by atoms with Crippen LogP contribution >= 0.6 is 0 Å². The van der Waals surface area contributed by atoms with Crippen LogP contribution in [0.1, 0.15) is 40.5 Å². The van der Waals surface area contributed by atoms with E-state index in [2.05, 4.69) is 272 Å². The zero-order valence-electron chi connectivity index (χ0n) is 37.2. The van der Waals surface area contributed by atoms with Crippen LogP contribution in [0.4, 0.5) is 11.4 Å². The number of fused-ring (bicyclic) bond motifs is 4. The summed E-state index contributed by atoms with van der Waals surface area (Å²) >= 11 is 0. The van der Waals surface area contributed by atoms with Crippen molar-refractivity contribution in [2.45, 2.75) is 40.5 Å². The number of aromatic nitrogens is 2. The molecule has 0 bridgehead atoms. The third kappa shape index (κ3) is 8.39. The summed E-state index contributed by atoms with van der Waals surface area (Å²) in [5, 5.41) is 5.70. The molecule has 0 saturated carbocycles. The molecule has 1 aliphatic carbocycles. The van der Waals surface area contributed by atoms with E-state index in [0.29, 0.717) is 0 Å². The van der Waals surface area contributed by atoms with Gasteiger partial charge in [-0.3, -0.25) is 0 Å². The Morgan fingerprint density at radius 2 is 1.09 bits per heavy atom. The summed E-state index contributed by atoms with van der Waals surface area (Å²) in [6, 6.07) is 55.8. The lowest BCUT2D eigenvalue weighted by Crippen LogP contribution is -2.27. The lowest BCUT2D eigenvalue weighted by atomic mass is 10.1. The van der Waals surface area contributed by atoms with Crippen molar-refractivity contribution in [1.29, 1.82) is 0 Å². The molecule has 314 valence electrons. The molecule has 0 N–H and O–H groups in total. The average molecular weight is 831 g/mol. The molecule has 0 unspecified atom stereocenters. The SMILES string of the molecule is C=c1/c(=C\C=C\N(/C(C)=C/C=C(C)/C(C)=C/C=C(\C)N(C2=CCCC=C2)c2ccc3c(c2)c2ccccc2n3-c2ccccc2)c2ccccc2)n(-c2ccccc2)c2ccccc12. The van der Waals surface area contributed by atoms with Crippen LogP contribution < -0.4 is 20.4 Å². The monoisotopic (exact) mass is 830 g/mol. The summed E-state index contributed by atoms with van der Waals surface area (Å²) in [5.41, 5.74) is 13.9. The molecular weight excluding hydrogens is 777 g/mol. The maximum atomic E-state index is 4.52. The molecule has 0 aliphatic heterocycles. The molecule has 4 nitrogen and oxygen atoms in total. The van der Waals surface area contributed by atoms with E-state index >= 15 is 0 Å². The van der Waals surface area contributed by atoms with Crippen molar-refractivity contribution in [3.05, 3.63) is 251 Å². The molecule has 4 heteroatoms. The number of nitrogens with zero attached hydrogens (tertiary/aromatic N) is 4. The second-order valence-corrected chi connectivity index (χ2v) is 16.4. The van der Waals surface area contributed by atoms with E-state index in [0.717, 1.165) is 68.5 Å². The van der Waals surface area contributed by atoms with Gasteiger partial charge in [0, 0.05) is 67.4 Å². The normalized spacial score (nSPS) is 14.3. The van der Waals surface area contributed by atoms with Gasteiger partial charge in [-0.25, -0.2) is 0 Å². The van der Waals surface area contributed by atoms with Gasteiger partial charge < -0.3 is 18.9 Å². The maximum absolute atomic E-state index is 4.52. The van der Waals surface area contributed by atoms with Crippen molar-refractivity contribution in [1.82, 2.24) is 9.13 Å². The van der Waals surface area contributed by atoms with Crippen LogP contribution in [-0.4, -0.2) is 9.13 Å². The molecule has 0 fully saturated rings. The Hall–Kier alpha value is -7.82. The number of rotatable bonds is 12. The van der Waals surface area contributed by atoms with Gasteiger partial charge >= 0.3 is 0 Å². The number of allylic oxidation sites excluding steroid dienone is 12. The molecule has 0 saturated heterocycles. The quantitative estimate of drug-likeness (QED) is 0.114. The molecule has 0 atom stereocenters. The van der Waals surface area contributed by atoms with Crippen molar-refractivity contribution < 1.29 is 0 Å². The van der Waals surface area contributed by atoms with Gasteiger partial charge in [0.2, 0.25) is 0 Å². The lowest BCUT2D eigenvalue weighted by molar-refractivity contribution is 0.978. The molecular formula is C60H54N4. The van der Waals surface area contributed by atoms with Crippen LogP contribution in [0, 0.1) is 0 Å². The zero-order valence-corrected chi connectivity index (χ0v) is 37.2. The second kappa shape index (κ2) is 18.7. The van der Waals surface area contributed by atoms with E-state index in [1.165, 1.54) is 38.6 Å². The second-order valence-electron chi connectivity index (χ2n) is 16.4. The maximum Gasteiger partial charge on any atom is 0.0542 e. The number of anilines is 2. The molecule has 2 heterocycles. The van der Waals surface area contributed by atoms with Crippen molar-refractivity contribution in [2.75, 3.05) is 9.80 Å². The highest BCUT2D eigenvalue weighted by atomic mass is 15.2. The summed E-state index contributed by atoms with van der Waals surface area (Å²) < 4.78 is 4.67. The average Bonchev–Trinajstić information content (AvgIpc) is 3.83. The fourth-order valence-corrected chi connectivity index (χ4v) is 8.76. The molecule has 2 aromatic heterocycles. The summed E-state index contributed by atoms with van der Waals surface area (Å²) in [6.07, 6.45) is 24.4. The molecule has 6 aromatic carbocycles. The summed E-state index contributed by atoms with van der Waals surface area (Å²) in [5.74, 6) is 0. The first-order valence-corrected chi connectivity index (χ1v) is 22.2. The Morgan fingerprint density at radius 1 is 0.531 bits per heavy atom. The van der Waals surface area contributed by atoms with E-state index < -0.39 is 0 Å². The van der Waals surface area contributed by atoms with Gasteiger partial charge in [0.25, 0.3) is 0 Å². The minimum absolute atomic E-state index is 1.01. The van der Waals surface area contributed by atoms with Gasteiger partial charge in [0.15, 0.2) is 0 Å². The third-order valence-corrected chi connectivity index (χ3v) is 12.2. The third-order valence-electron chi connectivity index (χ3n) is 12.2. The molecule has 9 rings (SSSR count). The Morgan fingerprint density at radius 3 is 1.75 bits per heavy atom. The van der Waals surface area contributed by atoms with E-state index in [4.69, 9.17) is 0 Å². The zero-order chi connectivity index (χ0) is 44.0. The van der Waals surface area contributed by atoms with E-state index in [1.807, 2.05) is 0 Å². The number of hydrogen-bond acceptors (Lipinski definition) is 2. The molecule has 0 radical (unpaired) electrons. The lowest BCUT2D eigenvalue weighted by Gasteiger charge is -2.28. The highest BCUT2D eigenvalue weighted by Gasteiger charge is 2.18. The summed E-state index contributed by atoms with van der Waals surface area (Å²) in [4.78, 5) is 4.63. The number of hydrogen-bond donors (Lipinski definition) is 0. The van der Waals surface area contributed by atoms with Crippen LogP contribution in [0.5, 0.6) is 0 Å². The van der Waals surface area contributed by atoms with Crippen LogP contribution in [0.3, 0.4) is 0 Å². The minimum Gasteiger partial charge on any atom is -0.321 e. The molecule has 0 spiro atoms. The highest BCUT2D eigenvalue weighted by Crippen LogP contribution is 2.37. The first-order valence-electron chi connectivity index (χ1n) is 22.2. The molecule has 1 aliphatic rings. The van der Waals surface area contributed by atoms with Crippen molar-refractivity contribution in [2.24, 2.45) is 0 Å². The van der Waals surface area contributed by atoms with Crippen molar-refractivity contribution >= 4 is 56.7 Å². The van der Waals surface area contributed by atoms with Crippen LogP contribution in [0.25, 0.3) is 56.7 Å². The van der Waals surface area contributed by atoms with Gasteiger partial charge in [-0.05, 0) is 149 Å². The molecule has 0 amide bonds. The first kappa shape index (κ1) is 41.5. The molecule has 64 heavy (non-hydrogen) atoms. The fourth-order valence-electron chi connectivity index (χ4n) is 8.76. The van der Waals surface area contributed by atoms with Gasteiger partial charge in [0.05, 0.1) is 21.9 Å². The minimum atomic E-state index is 1.01. The van der Waals surface area contributed by atoms with E-state index in [9.17, 15) is 0 Å². The summed E-state index contributed by atoms with van der Waals surface area (Å²) in [6.45, 7) is 13.3. The fraction of sp³-hybridized carbons (Fsp3) is 0.100. The largest absolute Gasteiger partial charge is 0.321 e. The number of benzene rings is 6. The topological polar surface area (TPSA) is 16.3 Å². The van der Waals surface area contributed by atoms with Gasteiger partial charge in [-0.2, -0.15) is 0 Å². The Balaban J connectivity index is 1.03. The first-order chi connectivity index (χ1) is 31.4. The van der Waals surface area contributed by atoms with Crippen LogP contribution in [-0.2, 0) is 0 Å². The van der Waals surface area contributed by atoms with Crippen LogP contribution in [0.2, 0.25) is 0 Å².